The first-order valence-electron chi connectivity index (χ1n) is 11.3. The van der Waals surface area contributed by atoms with Gasteiger partial charge in [0.15, 0.2) is 17.6 Å². The molecule has 2 aliphatic carbocycles. The predicted molar refractivity (Wildman–Crippen MR) is 117 cm³/mol. The second-order valence-electron chi connectivity index (χ2n) is 9.86. The number of halogens is 1. The van der Waals surface area contributed by atoms with Gasteiger partial charge in [0.1, 0.15) is 5.69 Å². The molecular weight excluding hydrogens is 411 g/mol. The van der Waals surface area contributed by atoms with E-state index in [0.29, 0.717) is 54.1 Å². The number of hydrogen-bond donors (Lipinski definition) is 2. The number of fused-ring (bicyclic) bond motifs is 3. The molecule has 3 atom stereocenters. The molecule has 0 aromatic carbocycles. The minimum absolute atomic E-state index is 0.298. The van der Waals surface area contributed by atoms with Crippen LogP contribution in [0.25, 0.3) is 22.7 Å². The number of imidazole rings is 1. The fourth-order valence-corrected chi connectivity index (χ4v) is 5.36. The molecule has 9 heteroatoms. The van der Waals surface area contributed by atoms with Crippen molar-refractivity contribution in [3.8, 4) is 11.5 Å². The summed E-state index contributed by atoms with van der Waals surface area (Å²) in [5.41, 5.74) is 5.51. The van der Waals surface area contributed by atoms with Crippen molar-refractivity contribution in [2.75, 3.05) is 25.2 Å². The third-order valence-corrected chi connectivity index (χ3v) is 7.70. The van der Waals surface area contributed by atoms with Gasteiger partial charge in [0.2, 0.25) is 0 Å². The molecule has 3 aromatic heterocycles. The van der Waals surface area contributed by atoms with Crippen molar-refractivity contribution in [1.82, 2.24) is 25.1 Å². The molecule has 1 aliphatic heterocycles. The standard InChI is InChI=1S/C23H27FN6O2/c1-23-9-13(23)7-15-17(10-23)28-29-19(15)21-26-16-8-14(11-25-20(16)27-21)30(2)22(31)18(24)12-3-5-32-6-4-12/h8,11-13,18H,3-7,9-10H2,1-2H3,(H,28,29)(H,25,26,27)/t13-,18+,23-/m1/s1. The van der Waals surface area contributed by atoms with Crippen LogP contribution in [0.1, 0.15) is 37.4 Å². The van der Waals surface area contributed by atoms with Crippen LogP contribution in [-0.2, 0) is 22.4 Å². The lowest BCUT2D eigenvalue weighted by molar-refractivity contribution is -0.126. The molecule has 1 amide bonds. The number of pyridine rings is 1. The number of hydrogen-bond acceptors (Lipinski definition) is 5. The second kappa shape index (κ2) is 7.10. The van der Waals surface area contributed by atoms with E-state index in [0.717, 1.165) is 24.5 Å². The first kappa shape index (κ1) is 19.8. The number of aromatic amines is 2. The van der Waals surface area contributed by atoms with Crippen LogP contribution < -0.4 is 4.90 Å². The Labute approximate surface area is 185 Å². The van der Waals surface area contributed by atoms with Gasteiger partial charge in [-0.3, -0.25) is 9.89 Å². The summed E-state index contributed by atoms with van der Waals surface area (Å²) in [5, 5.41) is 7.74. The van der Waals surface area contributed by atoms with Crippen LogP contribution in [0.5, 0.6) is 0 Å². The monoisotopic (exact) mass is 438 g/mol. The van der Waals surface area contributed by atoms with E-state index in [1.165, 1.54) is 22.6 Å². The fourth-order valence-electron chi connectivity index (χ4n) is 5.36. The average Bonchev–Trinajstić information content (AvgIpc) is 3.11. The third kappa shape index (κ3) is 3.13. The molecule has 2 fully saturated rings. The first-order chi connectivity index (χ1) is 15.4. The lowest BCUT2D eigenvalue weighted by Gasteiger charge is -2.27. The number of alkyl halides is 1. The van der Waals surface area contributed by atoms with E-state index in [1.54, 1.807) is 19.3 Å². The van der Waals surface area contributed by atoms with Gasteiger partial charge in [-0.1, -0.05) is 6.92 Å². The highest BCUT2D eigenvalue weighted by Crippen LogP contribution is 2.59. The van der Waals surface area contributed by atoms with E-state index in [-0.39, 0.29) is 5.92 Å². The summed E-state index contributed by atoms with van der Waals surface area (Å²) in [6.07, 6.45) is 4.48. The van der Waals surface area contributed by atoms with Crippen molar-refractivity contribution >= 4 is 22.8 Å². The number of nitrogens with one attached hydrogen (secondary N) is 2. The minimum Gasteiger partial charge on any atom is -0.381 e. The molecule has 3 aromatic rings. The van der Waals surface area contributed by atoms with E-state index in [4.69, 9.17) is 4.74 Å². The van der Waals surface area contributed by atoms with Crippen LogP contribution in [-0.4, -0.2) is 57.5 Å². The van der Waals surface area contributed by atoms with E-state index in [9.17, 15) is 9.18 Å². The molecule has 3 aliphatic rings. The van der Waals surface area contributed by atoms with Crippen molar-refractivity contribution in [2.24, 2.45) is 17.3 Å². The Morgan fingerprint density at radius 3 is 3.00 bits per heavy atom. The maximum absolute atomic E-state index is 14.8. The number of amides is 1. The number of nitrogens with zero attached hydrogens (tertiary/aromatic N) is 4. The smallest absolute Gasteiger partial charge is 0.261 e. The van der Waals surface area contributed by atoms with E-state index in [1.807, 2.05) is 0 Å². The van der Waals surface area contributed by atoms with E-state index < -0.39 is 12.1 Å². The van der Waals surface area contributed by atoms with Gasteiger partial charge in [0.25, 0.3) is 5.91 Å². The summed E-state index contributed by atoms with van der Waals surface area (Å²) < 4.78 is 20.1. The predicted octanol–water partition coefficient (Wildman–Crippen LogP) is 3.20. The molecule has 168 valence electrons. The number of H-pyrrole nitrogens is 2. The molecular formula is C23H27FN6O2. The Hall–Kier alpha value is -2.81. The molecule has 32 heavy (non-hydrogen) atoms. The van der Waals surface area contributed by atoms with Crippen molar-refractivity contribution in [3.05, 3.63) is 23.5 Å². The summed E-state index contributed by atoms with van der Waals surface area (Å²) in [5.74, 6) is 0.551. The van der Waals surface area contributed by atoms with Gasteiger partial charge in [-0.2, -0.15) is 5.10 Å². The maximum Gasteiger partial charge on any atom is 0.261 e. The van der Waals surface area contributed by atoms with Crippen molar-refractivity contribution in [1.29, 1.82) is 0 Å². The zero-order valence-electron chi connectivity index (χ0n) is 18.3. The summed E-state index contributed by atoms with van der Waals surface area (Å²) in [6.45, 7) is 3.35. The topological polar surface area (TPSA) is 99.8 Å². The zero-order valence-corrected chi connectivity index (χ0v) is 18.3. The summed E-state index contributed by atoms with van der Waals surface area (Å²) in [4.78, 5) is 26.4. The SMILES string of the molecule is CN(C(=O)[C@@H](F)C1CCOCC1)c1cnc2nc(-c3n[nH]c4c3C[C@@H]3C[C@]3(C)C4)[nH]c2c1. The van der Waals surface area contributed by atoms with E-state index in [2.05, 4.69) is 32.1 Å². The highest BCUT2D eigenvalue weighted by Gasteiger charge is 2.53. The van der Waals surface area contributed by atoms with Gasteiger partial charge in [0.05, 0.1) is 17.4 Å². The van der Waals surface area contributed by atoms with Crippen LogP contribution in [0, 0.1) is 17.3 Å². The number of anilines is 1. The number of carbonyl (C=O) groups excluding carboxylic acids is 1. The largest absolute Gasteiger partial charge is 0.381 e. The van der Waals surface area contributed by atoms with Crippen molar-refractivity contribution in [2.45, 2.75) is 45.2 Å². The lowest BCUT2D eigenvalue weighted by atomic mass is 9.88. The number of rotatable bonds is 4. The van der Waals surface area contributed by atoms with Gasteiger partial charge in [-0.05, 0) is 49.5 Å². The molecule has 2 N–H and O–H groups in total. The summed E-state index contributed by atoms with van der Waals surface area (Å²) in [6, 6.07) is 1.80. The van der Waals surface area contributed by atoms with Crippen LogP contribution in [0.15, 0.2) is 12.3 Å². The Morgan fingerprint density at radius 2 is 2.19 bits per heavy atom. The van der Waals surface area contributed by atoms with Gasteiger partial charge < -0.3 is 14.6 Å². The summed E-state index contributed by atoms with van der Waals surface area (Å²) >= 11 is 0. The normalized spacial score (nSPS) is 25.9. The minimum atomic E-state index is -1.54. The third-order valence-electron chi connectivity index (χ3n) is 7.70. The number of aromatic nitrogens is 5. The van der Waals surface area contributed by atoms with Crippen LogP contribution in [0.2, 0.25) is 0 Å². The Balaban J connectivity index is 1.25. The Kier molecular flexibility index (Phi) is 4.40. The number of ether oxygens (including phenoxy) is 1. The fraction of sp³-hybridized carbons (Fsp3) is 0.565. The molecule has 0 spiro atoms. The Morgan fingerprint density at radius 1 is 1.38 bits per heavy atom. The quantitative estimate of drug-likeness (QED) is 0.652. The second-order valence-corrected chi connectivity index (χ2v) is 9.86. The highest BCUT2D eigenvalue weighted by atomic mass is 19.1. The van der Waals surface area contributed by atoms with Crippen LogP contribution in [0.3, 0.4) is 0 Å². The Bertz CT molecular complexity index is 1200. The van der Waals surface area contributed by atoms with Gasteiger partial charge in [-0.15, -0.1) is 0 Å². The molecule has 0 bridgehead atoms. The van der Waals surface area contributed by atoms with Gasteiger partial charge >= 0.3 is 0 Å². The molecule has 8 nitrogen and oxygen atoms in total. The van der Waals surface area contributed by atoms with Gasteiger partial charge in [-0.25, -0.2) is 14.4 Å². The number of carbonyl (C=O) groups is 1. The molecule has 0 unspecified atom stereocenters. The highest BCUT2D eigenvalue weighted by molar-refractivity contribution is 5.97. The van der Waals surface area contributed by atoms with Crippen molar-refractivity contribution < 1.29 is 13.9 Å². The van der Waals surface area contributed by atoms with Crippen molar-refractivity contribution in [3.63, 3.8) is 0 Å². The van der Waals surface area contributed by atoms with Gasteiger partial charge in [0, 0.05) is 37.4 Å². The summed E-state index contributed by atoms with van der Waals surface area (Å²) in [7, 11) is 1.59. The molecule has 0 radical (unpaired) electrons. The lowest BCUT2D eigenvalue weighted by Crippen LogP contribution is -2.40. The molecule has 4 heterocycles. The molecule has 1 saturated carbocycles. The van der Waals surface area contributed by atoms with Crippen LogP contribution >= 0.6 is 0 Å². The molecule has 1 saturated heterocycles. The van der Waals surface area contributed by atoms with Crippen LogP contribution in [0.4, 0.5) is 10.1 Å². The first-order valence-corrected chi connectivity index (χ1v) is 11.3. The van der Waals surface area contributed by atoms with E-state index >= 15 is 0 Å². The average molecular weight is 439 g/mol. The zero-order chi connectivity index (χ0) is 22.0. The molecule has 6 rings (SSSR count). The maximum atomic E-state index is 14.8.